The first-order valence-corrected chi connectivity index (χ1v) is 14.5. The molecule has 8 aromatic rings. The van der Waals surface area contributed by atoms with Crippen molar-refractivity contribution < 1.29 is 0 Å². The van der Waals surface area contributed by atoms with Gasteiger partial charge in [-0.2, -0.15) is 0 Å². The van der Waals surface area contributed by atoms with E-state index in [2.05, 4.69) is 170 Å². The minimum Gasteiger partial charge on any atom is -0.0622 e. The Kier molecular flexibility index (Phi) is 5.90. The molecule has 0 aliphatic rings. The molecule has 0 nitrogen and oxygen atoms in total. The van der Waals surface area contributed by atoms with E-state index in [1.807, 2.05) is 0 Å². The molecular weight excluding hydrogens is 504 g/mol. The SMILES string of the molecule is c1ccc(-c2ccc(-c3ccc(-c4cc(-c5ccccc5)c5c6ccccc6c6ccccc6c5c4)cc3)cc2)cc1. The summed E-state index contributed by atoms with van der Waals surface area (Å²) >= 11 is 0. The summed E-state index contributed by atoms with van der Waals surface area (Å²) in [4.78, 5) is 0. The summed E-state index contributed by atoms with van der Waals surface area (Å²) in [6.45, 7) is 0. The van der Waals surface area contributed by atoms with Gasteiger partial charge in [0, 0.05) is 0 Å². The molecule has 0 spiro atoms. The van der Waals surface area contributed by atoms with Crippen LogP contribution in [0.2, 0.25) is 0 Å². The van der Waals surface area contributed by atoms with E-state index in [1.165, 1.54) is 76.8 Å². The van der Waals surface area contributed by atoms with Gasteiger partial charge in [0.05, 0.1) is 0 Å². The van der Waals surface area contributed by atoms with Gasteiger partial charge in [0.15, 0.2) is 0 Å². The van der Waals surface area contributed by atoms with Crippen molar-refractivity contribution >= 4 is 32.3 Å². The van der Waals surface area contributed by atoms with Gasteiger partial charge in [0.2, 0.25) is 0 Å². The largest absolute Gasteiger partial charge is 0.0622 e. The maximum Gasteiger partial charge on any atom is -0.00199 e. The second-order valence-corrected chi connectivity index (χ2v) is 10.9. The van der Waals surface area contributed by atoms with Crippen LogP contribution in [0, 0.1) is 0 Å². The number of hydrogen-bond donors (Lipinski definition) is 0. The molecule has 0 N–H and O–H groups in total. The van der Waals surface area contributed by atoms with Crippen LogP contribution in [0.5, 0.6) is 0 Å². The van der Waals surface area contributed by atoms with Crippen molar-refractivity contribution in [2.45, 2.75) is 0 Å². The van der Waals surface area contributed by atoms with Gasteiger partial charge in [0.25, 0.3) is 0 Å². The zero-order chi connectivity index (χ0) is 27.9. The predicted molar refractivity (Wildman–Crippen MR) is 181 cm³/mol. The summed E-state index contributed by atoms with van der Waals surface area (Å²) in [5, 5.41) is 7.79. The van der Waals surface area contributed by atoms with Gasteiger partial charge in [-0.25, -0.2) is 0 Å². The van der Waals surface area contributed by atoms with E-state index >= 15 is 0 Å². The van der Waals surface area contributed by atoms with E-state index in [9.17, 15) is 0 Å². The monoisotopic (exact) mass is 532 g/mol. The first kappa shape index (κ1) is 24.3. The minimum absolute atomic E-state index is 1.22. The summed E-state index contributed by atoms with van der Waals surface area (Å²) in [7, 11) is 0. The van der Waals surface area contributed by atoms with Crippen LogP contribution in [0.1, 0.15) is 0 Å². The Morgan fingerprint density at radius 1 is 0.214 bits per heavy atom. The lowest BCUT2D eigenvalue weighted by Crippen LogP contribution is -1.90. The molecule has 0 heterocycles. The Morgan fingerprint density at radius 2 is 0.571 bits per heavy atom. The molecule has 0 saturated carbocycles. The van der Waals surface area contributed by atoms with Crippen LogP contribution in [0.3, 0.4) is 0 Å². The fourth-order valence-corrected chi connectivity index (χ4v) is 6.39. The molecule has 0 amide bonds. The zero-order valence-electron chi connectivity index (χ0n) is 23.2. The van der Waals surface area contributed by atoms with Gasteiger partial charge in [-0.05, 0) is 89.0 Å². The molecule has 0 heteroatoms. The average molecular weight is 533 g/mol. The van der Waals surface area contributed by atoms with E-state index < -0.39 is 0 Å². The quantitative estimate of drug-likeness (QED) is 0.198. The van der Waals surface area contributed by atoms with E-state index in [-0.39, 0.29) is 0 Å². The van der Waals surface area contributed by atoms with Gasteiger partial charge >= 0.3 is 0 Å². The molecule has 0 aliphatic heterocycles. The van der Waals surface area contributed by atoms with Gasteiger partial charge in [-0.3, -0.25) is 0 Å². The topological polar surface area (TPSA) is 0 Å². The highest BCUT2D eigenvalue weighted by molar-refractivity contribution is 6.29. The Hall–Kier alpha value is -5.46. The molecule has 0 fully saturated rings. The third kappa shape index (κ3) is 4.17. The van der Waals surface area contributed by atoms with Crippen molar-refractivity contribution in [1.82, 2.24) is 0 Å². The summed E-state index contributed by atoms with van der Waals surface area (Å²) in [6, 6.07) is 61.7. The average Bonchev–Trinajstić information content (AvgIpc) is 3.09. The maximum absolute atomic E-state index is 2.39. The Labute approximate surface area is 246 Å². The van der Waals surface area contributed by atoms with Crippen molar-refractivity contribution in [1.29, 1.82) is 0 Å². The van der Waals surface area contributed by atoms with Gasteiger partial charge in [0.1, 0.15) is 0 Å². The highest BCUT2D eigenvalue weighted by Gasteiger charge is 2.15. The standard InChI is InChI=1S/C42H28/c1-3-11-29(12-4-1)30-19-21-31(22-20-30)32-23-25-33(26-24-32)35-27-40(34-13-5-2-6-14-34)42-39-18-10-9-16-37(39)36-15-7-8-17-38(36)41(42)28-35/h1-28H. The van der Waals surface area contributed by atoms with Crippen LogP contribution in [0.4, 0.5) is 0 Å². The van der Waals surface area contributed by atoms with Crippen LogP contribution in [0.15, 0.2) is 170 Å². The van der Waals surface area contributed by atoms with Gasteiger partial charge in [-0.1, -0.05) is 158 Å². The molecular formula is C42H28. The lowest BCUT2D eigenvalue weighted by molar-refractivity contribution is 1.58. The molecule has 0 bridgehead atoms. The number of hydrogen-bond acceptors (Lipinski definition) is 0. The normalized spacial score (nSPS) is 11.3. The third-order valence-corrected chi connectivity index (χ3v) is 8.47. The van der Waals surface area contributed by atoms with Crippen LogP contribution >= 0.6 is 0 Å². The summed E-state index contributed by atoms with van der Waals surface area (Å²) in [5.41, 5.74) is 9.88. The van der Waals surface area contributed by atoms with Crippen LogP contribution in [-0.4, -0.2) is 0 Å². The van der Waals surface area contributed by atoms with Crippen molar-refractivity contribution in [2.75, 3.05) is 0 Å². The van der Waals surface area contributed by atoms with Crippen molar-refractivity contribution in [3.05, 3.63) is 170 Å². The third-order valence-electron chi connectivity index (χ3n) is 8.47. The molecule has 0 unspecified atom stereocenters. The molecule has 0 radical (unpaired) electrons. The zero-order valence-corrected chi connectivity index (χ0v) is 23.2. The minimum atomic E-state index is 1.22. The Morgan fingerprint density at radius 3 is 1.10 bits per heavy atom. The Bertz CT molecular complexity index is 2190. The van der Waals surface area contributed by atoms with Crippen molar-refractivity contribution in [2.24, 2.45) is 0 Å². The molecule has 0 saturated heterocycles. The maximum atomic E-state index is 2.39. The second kappa shape index (κ2) is 10.2. The predicted octanol–water partition coefficient (Wildman–Crippen LogP) is 11.8. The Balaban J connectivity index is 1.29. The van der Waals surface area contributed by atoms with E-state index in [0.29, 0.717) is 0 Å². The first-order valence-electron chi connectivity index (χ1n) is 14.5. The van der Waals surface area contributed by atoms with Crippen LogP contribution in [-0.2, 0) is 0 Å². The fourth-order valence-electron chi connectivity index (χ4n) is 6.39. The van der Waals surface area contributed by atoms with E-state index in [1.54, 1.807) is 0 Å². The highest BCUT2D eigenvalue weighted by Crippen LogP contribution is 2.42. The summed E-state index contributed by atoms with van der Waals surface area (Å²) < 4.78 is 0. The lowest BCUT2D eigenvalue weighted by Gasteiger charge is -2.17. The van der Waals surface area contributed by atoms with Crippen molar-refractivity contribution in [3.63, 3.8) is 0 Å². The fraction of sp³-hybridized carbons (Fsp3) is 0. The molecule has 0 aromatic heterocycles. The van der Waals surface area contributed by atoms with E-state index in [0.717, 1.165) is 0 Å². The number of benzene rings is 8. The first-order chi connectivity index (χ1) is 20.8. The summed E-state index contributed by atoms with van der Waals surface area (Å²) in [6.07, 6.45) is 0. The molecule has 196 valence electrons. The van der Waals surface area contributed by atoms with Crippen molar-refractivity contribution in [3.8, 4) is 44.5 Å². The summed E-state index contributed by atoms with van der Waals surface area (Å²) in [5.74, 6) is 0. The smallest absolute Gasteiger partial charge is 0.00199 e. The molecule has 8 aromatic carbocycles. The number of fused-ring (bicyclic) bond motifs is 6. The van der Waals surface area contributed by atoms with Crippen LogP contribution < -0.4 is 0 Å². The molecule has 42 heavy (non-hydrogen) atoms. The second-order valence-electron chi connectivity index (χ2n) is 10.9. The molecule has 0 aliphatic carbocycles. The number of rotatable bonds is 4. The molecule has 8 rings (SSSR count). The molecule has 0 atom stereocenters. The lowest BCUT2D eigenvalue weighted by atomic mass is 9.87. The van der Waals surface area contributed by atoms with Crippen LogP contribution in [0.25, 0.3) is 76.8 Å². The van der Waals surface area contributed by atoms with E-state index in [4.69, 9.17) is 0 Å². The van der Waals surface area contributed by atoms with Gasteiger partial charge < -0.3 is 0 Å². The highest BCUT2D eigenvalue weighted by atomic mass is 14.2. The van der Waals surface area contributed by atoms with Gasteiger partial charge in [-0.15, -0.1) is 0 Å².